The summed E-state index contributed by atoms with van der Waals surface area (Å²) in [6.45, 7) is 4.28. The standard InChI is InChI=1S/C23H23NO3/c1-3-4-15-24-16(2)19(21(25)18-13-9-6-10-14-18)22(26)20(23(24)27)17-11-7-5-8-12-17/h5-14,26H,3-4,15H2,1-2H3. The molecule has 2 aromatic carbocycles. The normalized spacial score (nSPS) is 10.7. The molecule has 4 nitrogen and oxygen atoms in total. The molecule has 0 aliphatic heterocycles. The molecule has 3 aromatic rings. The monoisotopic (exact) mass is 361 g/mol. The summed E-state index contributed by atoms with van der Waals surface area (Å²) in [6, 6.07) is 17.8. The van der Waals surface area contributed by atoms with E-state index in [9.17, 15) is 14.7 Å². The van der Waals surface area contributed by atoms with Crippen LogP contribution in [-0.4, -0.2) is 15.5 Å². The molecule has 0 saturated heterocycles. The lowest BCUT2D eigenvalue weighted by atomic mass is 9.96. The third-order valence-electron chi connectivity index (χ3n) is 4.76. The second-order valence-corrected chi connectivity index (χ2v) is 6.56. The second kappa shape index (κ2) is 8.04. The molecule has 0 spiro atoms. The Balaban J connectivity index is 2.29. The Hall–Kier alpha value is -3.14. The highest BCUT2D eigenvalue weighted by atomic mass is 16.3. The van der Waals surface area contributed by atoms with Crippen LogP contribution in [0, 0.1) is 6.92 Å². The third kappa shape index (κ3) is 3.56. The van der Waals surface area contributed by atoms with Crippen LogP contribution in [0.25, 0.3) is 11.1 Å². The first-order chi connectivity index (χ1) is 13.1. The zero-order valence-electron chi connectivity index (χ0n) is 15.6. The van der Waals surface area contributed by atoms with Crippen LogP contribution in [0.15, 0.2) is 65.5 Å². The van der Waals surface area contributed by atoms with Crippen molar-refractivity contribution in [1.29, 1.82) is 0 Å². The SMILES string of the molecule is CCCCn1c(C)c(C(=O)c2ccccc2)c(O)c(-c2ccccc2)c1=O. The number of pyridine rings is 1. The zero-order valence-corrected chi connectivity index (χ0v) is 15.6. The molecule has 1 heterocycles. The van der Waals surface area contributed by atoms with Crippen molar-refractivity contribution in [2.45, 2.75) is 33.2 Å². The van der Waals surface area contributed by atoms with Crippen LogP contribution >= 0.6 is 0 Å². The van der Waals surface area contributed by atoms with E-state index in [0.29, 0.717) is 23.4 Å². The van der Waals surface area contributed by atoms with Crippen molar-refractivity contribution in [2.75, 3.05) is 0 Å². The van der Waals surface area contributed by atoms with Crippen LogP contribution in [0.2, 0.25) is 0 Å². The van der Waals surface area contributed by atoms with E-state index < -0.39 is 0 Å². The van der Waals surface area contributed by atoms with Gasteiger partial charge in [0.15, 0.2) is 5.78 Å². The molecule has 1 N–H and O–H groups in total. The molecule has 1 aromatic heterocycles. The van der Waals surface area contributed by atoms with Crippen molar-refractivity contribution in [3.63, 3.8) is 0 Å². The van der Waals surface area contributed by atoms with E-state index in [4.69, 9.17) is 0 Å². The predicted octanol–water partition coefficient (Wildman–Crippen LogP) is 4.56. The van der Waals surface area contributed by atoms with Gasteiger partial charge in [0.05, 0.1) is 11.1 Å². The number of aromatic hydroxyl groups is 1. The summed E-state index contributed by atoms with van der Waals surface area (Å²) in [5, 5.41) is 11.0. The summed E-state index contributed by atoms with van der Waals surface area (Å²) in [6.07, 6.45) is 1.74. The average molecular weight is 361 g/mol. The van der Waals surface area contributed by atoms with Gasteiger partial charge < -0.3 is 9.67 Å². The van der Waals surface area contributed by atoms with Gasteiger partial charge in [0.1, 0.15) is 5.75 Å². The number of rotatable bonds is 6. The number of benzene rings is 2. The number of hydrogen-bond donors (Lipinski definition) is 1. The Morgan fingerprint density at radius 3 is 2.19 bits per heavy atom. The summed E-state index contributed by atoms with van der Waals surface area (Å²) < 4.78 is 1.61. The fraction of sp³-hybridized carbons (Fsp3) is 0.217. The molecule has 0 aliphatic rings. The smallest absolute Gasteiger partial charge is 0.262 e. The predicted molar refractivity (Wildman–Crippen MR) is 107 cm³/mol. The molecule has 0 atom stereocenters. The van der Waals surface area contributed by atoms with E-state index in [0.717, 1.165) is 12.8 Å². The van der Waals surface area contributed by atoms with E-state index >= 15 is 0 Å². The fourth-order valence-corrected chi connectivity index (χ4v) is 3.28. The van der Waals surface area contributed by atoms with Crippen molar-refractivity contribution >= 4 is 5.78 Å². The number of carbonyl (C=O) groups excluding carboxylic acids is 1. The lowest BCUT2D eigenvalue weighted by molar-refractivity contribution is 0.103. The molecule has 0 amide bonds. The van der Waals surface area contributed by atoms with E-state index in [1.807, 2.05) is 24.3 Å². The van der Waals surface area contributed by atoms with Gasteiger partial charge in [-0.1, -0.05) is 74.0 Å². The molecule has 0 fully saturated rings. The number of carbonyl (C=O) groups is 1. The number of ketones is 1. The van der Waals surface area contributed by atoms with Crippen molar-refractivity contribution in [3.05, 3.63) is 87.8 Å². The molecule has 27 heavy (non-hydrogen) atoms. The van der Waals surface area contributed by atoms with E-state index in [2.05, 4.69) is 6.92 Å². The van der Waals surface area contributed by atoms with Gasteiger partial charge in [0.2, 0.25) is 0 Å². The first kappa shape index (κ1) is 18.6. The van der Waals surface area contributed by atoms with Crippen molar-refractivity contribution in [2.24, 2.45) is 0 Å². The van der Waals surface area contributed by atoms with Gasteiger partial charge in [-0.2, -0.15) is 0 Å². The van der Waals surface area contributed by atoms with Crippen LogP contribution in [-0.2, 0) is 6.54 Å². The van der Waals surface area contributed by atoms with Crippen molar-refractivity contribution in [3.8, 4) is 16.9 Å². The van der Waals surface area contributed by atoms with Crippen LogP contribution in [0.5, 0.6) is 5.75 Å². The fourth-order valence-electron chi connectivity index (χ4n) is 3.28. The topological polar surface area (TPSA) is 59.3 Å². The van der Waals surface area contributed by atoms with Gasteiger partial charge in [-0.3, -0.25) is 9.59 Å². The molecule has 0 saturated carbocycles. The van der Waals surface area contributed by atoms with Gasteiger partial charge in [-0.15, -0.1) is 0 Å². The lowest BCUT2D eigenvalue weighted by Crippen LogP contribution is -2.27. The molecule has 4 heteroatoms. The molecule has 0 radical (unpaired) electrons. The maximum Gasteiger partial charge on any atom is 0.262 e. The van der Waals surface area contributed by atoms with Gasteiger partial charge >= 0.3 is 0 Å². The van der Waals surface area contributed by atoms with E-state index in [1.54, 1.807) is 47.9 Å². The molecular weight excluding hydrogens is 338 g/mol. The minimum atomic E-state index is -0.284. The summed E-state index contributed by atoms with van der Waals surface area (Å²) in [4.78, 5) is 26.3. The van der Waals surface area contributed by atoms with Crippen molar-refractivity contribution in [1.82, 2.24) is 4.57 Å². The Morgan fingerprint density at radius 2 is 1.59 bits per heavy atom. The van der Waals surface area contributed by atoms with Crippen LogP contribution in [0.4, 0.5) is 0 Å². The highest BCUT2D eigenvalue weighted by molar-refractivity contribution is 6.12. The Kier molecular flexibility index (Phi) is 5.55. The van der Waals surface area contributed by atoms with Gasteiger partial charge in [-0.25, -0.2) is 0 Å². The highest BCUT2D eigenvalue weighted by Gasteiger charge is 2.25. The Bertz CT molecular complexity index is 1010. The first-order valence-electron chi connectivity index (χ1n) is 9.17. The third-order valence-corrected chi connectivity index (χ3v) is 4.76. The maximum absolute atomic E-state index is 13.1. The Morgan fingerprint density at radius 1 is 1.00 bits per heavy atom. The summed E-state index contributed by atoms with van der Waals surface area (Å²) in [5.41, 5.74) is 1.68. The molecule has 0 aliphatic carbocycles. The molecule has 0 bridgehead atoms. The number of aromatic nitrogens is 1. The molecule has 0 unspecified atom stereocenters. The van der Waals surface area contributed by atoms with Gasteiger partial charge in [-0.05, 0) is 18.9 Å². The number of nitrogens with zero attached hydrogens (tertiary/aromatic N) is 1. The number of hydrogen-bond acceptors (Lipinski definition) is 3. The zero-order chi connectivity index (χ0) is 19.4. The first-order valence-corrected chi connectivity index (χ1v) is 9.17. The summed E-state index contributed by atoms with van der Waals surface area (Å²) in [5.74, 6) is -0.529. The van der Waals surface area contributed by atoms with Gasteiger partial charge in [0, 0.05) is 17.8 Å². The lowest BCUT2D eigenvalue weighted by Gasteiger charge is -2.18. The second-order valence-electron chi connectivity index (χ2n) is 6.56. The number of unbranched alkanes of at least 4 members (excludes halogenated alkanes) is 1. The van der Waals surface area contributed by atoms with E-state index in [-0.39, 0.29) is 28.2 Å². The minimum Gasteiger partial charge on any atom is -0.506 e. The quantitative estimate of drug-likeness (QED) is 0.655. The molecule has 138 valence electrons. The summed E-state index contributed by atoms with van der Waals surface area (Å²) in [7, 11) is 0. The molecular formula is C23H23NO3. The van der Waals surface area contributed by atoms with E-state index in [1.165, 1.54) is 0 Å². The maximum atomic E-state index is 13.1. The van der Waals surface area contributed by atoms with Crippen molar-refractivity contribution < 1.29 is 9.90 Å². The Labute approximate surface area is 158 Å². The van der Waals surface area contributed by atoms with Crippen LogP contribution in [0.3, 0.4) is 0 Å². The van der Waals surface area contributed by atoms with Crippen LogP contribution < -0.4 is 5.56 Å². The minimum absolute atomic E-state index is 0.177. The van der Waals surface area contributed by atoms with Gasteiger partial charge in [0.25, 0.3) is 5.56 Å². The molecule has 3 rings (SSSR count). The summed E-state index contributed by atoms with van der Waals surface area (Å²) >= 11 is 0. The van der Waals surface area contributed by atoms with Crippen LogP contribution in [0.1, 0.15) is 41.4 Å². The average Bonchev–Trinajstić information content (AvgIpc) is 2.69. The highest BCUT2D eigenvalue weighted by Crippen LogP contribution is 2.32. The largest absolute Gasteiger partial charge is 0.506 e.